The van der Waals surface area contributed by atoms with Crippen LogP contribution in [0.15, 0.2) is 24.5 Å². The fraction of sp³-hybridized carbons (Fsp3) is 0.385. The van der Waals surface area contributed by atoms with Crippen LogP contribution in [0.2, 0.25) is 5.02 Å². The van der Waals surface area contributed by atoms with Crippen molar-refractivity contribution in [3.8, 4) is 5.69 Å². The Morgan fingerprint density at radius 1 is 1.48 bits per heavy atom. The Hall–Kier alpha value is -1.99. The van der Waals surface area contributed by atoms with Gasteiger partial charge < -0.3 is 10.2 Å². The van der Waals surface area contributed by atoms with Crippen LogP contribution in [0, 0.1) is 0 Å². The molecule has 1 atom stereocenters. The SMILES string of the molecule is C[C@H]1CNCCN1C(=O)c1ccc(-n2cnnn2)cc1Cl. The fourth-order valence-electron chi connectivity index (χ4n) is 2.40. The molecule has 0 saturated carbocycles. The maximum absolute atomic E-state index is 12.6. The number of hydrogen-bond donors (Lipinski definition) is 1. The van der Waals surface area contributed by atoms with E-state index in [-0.39, 0.29) is 11.9 Å². The molecule has 1 aliphatic rings. The van der Waals surface area contributed by atoms with Gasteiger partial charge in [0, 0.05) is 25.7 Å². The summed E-state index contributed by atoms with van der Waals surface area (Å²) in [6.45, 7) is 4.31. The lowest BCUT2D eigenvalue weighted by molar-refractivity contribution is 0.0656. The quantitative estimate of drug-likeness (QED) is 0.886. The lowest BCUT2D eigenvalue weighted by atomic mass is 10.1. The molecule has 2 heterocycles. The first kappa shape index (κ1) is 14.0. The van der Waals surface area contributed by atoms with Gasteiger partial charge in [-0.25, -0.2) is 4.68 Å². The average Bonchev–Trinajstić information content (AvgIpc) is 3.01. The van der Waals surface area contributed by atoms with E-state index < -0.39 is 0 Å². The van der Waals surface area contributed by atoms with Crippen molar-refractivity contribution in [3.63, 3.8) is 0 Å². The van der Waals surface area contributed by atoms with Gasteiger partial charge in [0.25, 0.3) is 5.91 Å². The first-order valence-corrected chi connectivity index (χ1v) is 7.09. The van der Waals surface area contributed by atoms with Gasteiger partial charge in [0.2, 0.25) is 0 Å². The smallest absolute Gasteiger partial charge is 0.255 e. The third kappa shape index (κ3) is 2.74. The zero-order valence-corrected chi connectivity index (χ0v) is 12.3. The van der Waals surface area contributed by atoms with Crippen LogP contribution in [0.4, 0.5) is 0 Å². The normalized spacial score (nSPS) is 18.8. The largest absolute Gasteiger partial charge is 0.333 e. The van der Waals surface area contributed by atoms with Gasteiger partial charge in [0.15, 0.2) is 0 Å². The van der Waals surface area contributed by atoms with Crippen molar-refractivity contribution in [2.45, 2.75) is 13.0 Å². The van der Waals surface area contributed by atoms with E-state index in [1.807, 2.05) is 11.8 Å². The highest BCUT2D eigenvalue weighted by atomic mass is 35.5. The molecule has 0 unspecified atom stereocenters. The average molecular weight is 307 g/mol. The number of rotatable bonds is 2. The van der Waals surface area contributed by atoms with E-state index in [4.69, 9.17) is 11.6 Å². The molecule has 0 radical (unpaired) electrons. The molecule has 1 aromatic carbocycles. The van der Waals surface area contributed by atoms with Crippen LogP contribution >= 0.6 is 11.6 Å². The molecule has 1 aliphatic heterocycles. The standard InChI is InChI=1S/C13H15ClN6O/c1-9-7-15-4-5-19(9)13(21)11-3-2-10(6-12(11)14)20-8-16-17-18-20/h2-3,6,8-9,15H,4-5,7H2,1H3/t9-/m0/s1. The van der Waals surface area contributed by atoms with Gasteiger partial charge in [-0.15, -0.1) is 5.10 Å². The lowest BCUT2D eigenvalue weighted by Crippen LogP contribution is -2.52. The molecule has 3 rings (SSSR count). The summed E-state index contributed by atoms with van der Waals surface area (Å²) in [5.41, 5.74) is 1.22. The van der Waals surface area contributed by atoms with Gasteiger partial charge in [-0.2, -0.15) is 0 Å². The molecule has 8 heteroatoms. The zero-order chi connectivity index (χ0) is 14.8. The predicted molar refractivity (Wildman–Crippen MR) is 77.5 cm³/mol. The molecule has 110 valence electrons. The Bertz CT molecular complexity index is 644. The number of hydrogen-bond acceptors (Lipinski definition) is 5. The second-order valence-electron chi connectivity index (χ2n) is 4.97. The number of carbonyl (C=O) groups excluding carboxylic acids is 1. The fourth-order valence-corrected chi connectivity index (χ4v) is 2.65. The van der Waals surface area contributed by atoms with Crippen LogP contribution in [0.5, 0.6) is 0 Å². The molecule has 0 spiro atoms. The molecule has 1 N–H and O–H groups in total. The minimum atomic E-state index is -0.0442. The van der Waals surface area contributed by atoms with Crippen LogP contribution in [0.1, 0.15) is 17.3 Å². The first-order valence-electron chi connectivity index (χ1n) is 6.71. The van der Waals surface area contributed by atoms with Crippen molar-refractivity contribution in [2.75, 3.05) is 19.6 Å². The molecule has 1 fully saturated rings. The summed E-state index contributed by atoms with van der Waals surface area (Å²) >= 11 is 6.26. The minimum absolute atomic E-state index is 0.0442. The van der Waals surface area contributed by atoms with Gasteiger partial charge in [-0.3, -0.25) is 4.79 Å². The maximum Gasteiger partial charge on any atom is 0.255 e. The zero-order valence-electron chi connectivity index (χ0n) is 11.5. The number of nitrogens with one attached hydrogen (secondary N) is 1. The molecular weight excluding hydrogens is 292 g/mol. The Balaban J connectivity index is 1.87. The van der Waals surface area contributed by atoms with Crippen molar-refractivity contribution in [1.29, 1.82) is 0 Å². The number of halogens is 1. The molecule has 2 aromatic rings. The molecule has 0 aliphatic carbocycles. The third-order valence-corrected chi connectivity index (χ3v) is 3.87. The number of tetrazole rings is 1. The molecule has 0 bridgehead atoms. The summed E-state index contributed by atoms with van der Waals surface area (Å²) in [7, 11) is 0. The van der Waals surface area contributed by atoms with Crippen LogP contribution < -0.4 is 5.32 Å². The summed E-state index contributed by atoms with van der Waals surface area (Å²) in [4.78, 5) is 14.4. The monoisotopic (exact) mass is 306 g/mol. The first-order chi connectivity index (χ1) is 10.2. The number of nitrogens with zero attached hydrogens (tertiary/aromatic N) is 5. The van der Waals surface area contributed by atoms with Crippen molar-refractivity contribution < 1.29 is 4.79 Å². The number of piperazine rings is 1. The van der Waals surface area contributed by atoms with Gasteiger partial charge in [0.1, 0.15) is 6.33 Å². The van der Waals surface area contributed by atoms with E-state index in [2.05, 4.69) is 20.8 Å². The van der Waals surface area contributed by atoms with E-state index in [1.165, 1.54) is 11.0 Å². The molecular formula is C13H15ClN6O. The summed E-state index contributed by atoms with van der Waals surface area (Å²) in [6, 6.07) is 5.35. The van der Waals surface area contributed by atoms with Crippen LogP contribution in [0.3, 0.4) is 0 Å². The van der Waals surface area contributed by atoms with Gasteiger partial charge in [0.05, 0.1) is 16.3 Å². The molecule has 7 nitrogen and oxygen atoms in total. The van der Waals surface area contributed by atoms with Crippen LogP contribution in [0.25, 0.3) is 5.69 Å². The van der Waals surface area contributed by atoms with Crippen molar-refractivity contribution in [2.24, 2.45) is 0 Å². The number of amides is 1. The van der Waals surface area contributed by atoms with E-state index >= 15 is 0 Å². The second kappa shape index (κ2) is 5.79. The molecule has 1 aromatic heterocycles. The number of carbonyl (C=O) groups is 1. The van der Waals surface area contributed by atoms with Gasteiger partial charge in [-0.1, -0.05) is 11.6 Å². The summed E-state index contributed by atoms with van der Waals surface area (Å²) in [5, 5.41) is 14.6. The minimum Gasteiger partial charge on any atom is -0.333 e. The van der Waals surface area contributed by atoms with E-state index in [1.54, 1.807) is 18.2 Å². The van der Waals surface area contributed by atoms with E-state index in [9.17, 15) is 4.79 Å². The maximum atomic E-state index is 12.6. The van der Waals surface area contributed by atoms with E-state index in [0.717, 1.165) is 18.8 Å². The molecule has 21 heavy (non-hydrogen) atoms. The van der Waals surface area contributed by atoms with Crippen molar-refractivity contribution >= 4 is 17.5 Å². The Morgan fingerprint density at radius 2 is 2.33 bits per heavy atom. The van der Waals surface area contributed by atoms with Crippen molar-refractivity contribution in [3.05, 3.63) is 35.1 Å². The third-order valence-electron chi connectivity index (χ3n) is 3.56. The summed E-state index contributed by atoms with van der Waals surface area (Å²) in [6.07, 6.45) is 1.48. The van der Waals surface area contributed by atoms with Crippen LogP contribution in [-0.2, 0) is 0 Å². The van der Waals surface area contributed by atoms with E-state index in [0.29, 0.717) is 17.1 Å². The number of aromatic nitrogens is 4. The number of benzene rings is 1. The van der Waals surface area contributed by atoms with Crippen LogP contribution in [-0.4, -0.2) is 56.7 Å². The summed E-state index contributed by atoms with van der Waals surface area (Å²) in [5.74, 6) is -0.0442. The highest BCUT2D eigenvalue weighted by Crippen LogP contribution is 2.22. The molecule has 1 saturated heterocycles. The Kier molecular flexibility index (Phi) is 3.85. The Labute approximate surface area is 126 Å². The topological polar surface area (TPSA) is 75.9 Å². The lowest BCUT2D eigenvalue weighted by Gasteiger charge is -2.34. The highest BCUT2D eigenvalue weighted by molar-refractivity contribution is 6.34. The second-order valence-corrected chi connectivity index (χ2v) is 5.38. The van der Waals surface area contributed by atoms with Gasteiger partial charge >= 0.3 is 0 Å². The molecule has 1 amide bonds. The highest BCUT2D eigenvalue weighted by Gasteiger charge is 2.25. The predicted octanol–water partition coefficient (Wildman–Crippen LogP) is 0.750. The summed E-state index contributed by atoms with van der Waals surface area (Å²) < 4.78 is 1.49. The van der Waals surface area contributed by atoms with Crippen molar-refractivity contribution in [1.82, 2.24) is 30.4 Å². The Morgan fingerprint density at radius 3 is 3.00 bits per heavy atom. The van der Waals surface area contributed by atoms with Gasteiger partial charge in [-0.05, 0) is 35.5 Å².